The Hall–Kier alpha value is 0.0200. The highest BCUT2D eigenvalue weighted by molar-refractivity contribution is 8.14. The van der Waals surface area contributed by atoms with Crippen molar-refractivity contribution < 1.29 is 4.79 Å². The third kappa shape index (κ3) is 4.87. The standard InChI is InChI=1S/C30H52OS/c1-5-7-8-9-10-11-12-22-14-16-26-25-15-13-23-21-24(32-28(31)6-2)17-19-30(23,4)27(25)18-20-29(22,26)3/h22-27H,5-21H2,1-4H3/t22-,23+,24+,25-,26+,27-,29-,30+/m1/s1. The Morgan fingerprint density at radius 1 is 0.812 bits per heavy atom. The first-order valence-electron chi connectivity index (χ1n) is 14.6. The number of unbranched alkanes of at least 4 members (excludes halogenated alkanes) is 5. The van der Waals surface area contributed by atoms with E-state index in [1.165, 1.54) is 103 Å². The minimum atomic E-state index is 0.420. The third-order valence-corrected chi connectivity index (χ3v) is 12.6. The van der Waals surface area contributed by atoms with Gasteiger partial charge in [-0.05, 0) is 105 Å². The summed E-state index contributed by atoms with van der Waals surface area (Å²) in [6.45, 7) is 9.75. The predicted molar refractivity (Wildman–Crippen MR) is 140 cm³/mol. The maximum absolute atomic E-state index is 12.0. The van der Waals surface area contributed by atoms with Crippen molar-refractivity contribution in [3.63, 3.8) is 0 Å². The van der Waals surface area contributed by atoms with E-state index in [9.17, 15) is 4.79 Å². The summed E-state index contributed by atoms with van der Waals surface area (Å²) in [6, 6.07) is 0. The van der Waals surface area contributed by atoms with Crippen molar-refractivity contribution in [1.82, 2.24) is 0 Å². The van der Waals surface area contributed by atoms with Crippen molar-refractivity contribution in [2.45, 2.75) is 142 Å². The van der Waals surface area contributed by atoms with Crippen molar-refractivity contribution in [2.75, 3.05) is 0 Å². The van der Waals surface area contributed by atoms with Gasteiger partial charge in [0.1, 0.15) is 0 Å². The molecule has 0 amide bonds. The van der Waals surface area contributed by atoms with Crippen molar-refractivity contribution in [2.24, 2.45) is 40.4 Å². The number of fused-ring (bicyclic) bond motifs is 5. The minimum absolute atomic E-state index is 0.420. The molecule has 184 valence electrons. The number of carbonyl (C=O) groups is 1. The summed E-state index contributed by atoms with van der Waals surface area (Å²) in [5, 5.41) is 1.03. The lowest BCUT2D eigenvalue weighted by molar-refractivity contribution is -0.112. The highest BCUT2D eigenvalue weighted by Crippen LogP contribution is 2.68. The van der Waals surface area contributed by atoms with Crippen molar-refractivity contribution in [1.29, 1.82) is 0 Å². The molecule has 0 spiro atoms. The molecule has 0 aliphatic heterocycles. The Morgan fingerprint density at radius 3 is 2.31 bits per heavy atom. The van der Waals surface area contributed by atoms with Crippen molar-refractivity contribution >= 4 is 16.9 Å². The molecule has 1 nitrogen and oxygen atoms in total. The Kier molecular flexibility index (Phi) is 8.43. The molecule has 4 rings (SSSR count). The molecule has 0 radical (unpaired) electrons. The second-order valence-corrected chi connectivity index (χ2v) is 14.1. The molecule has 0 aromatic rings. The van der Waals surface area contributed by atoms with E-state index < -0.39 is 0 Å². The Balaban J connectivity index is 1.35. The summed E-state index contributed by atoms with van der Waals surface area (Å²) in [5.74, 6) is 4.88. The fourth-order valence-electron chi connectivity index (χ4n) is 9.35. The molecule has 4 aliphatic carbocycles. The molecule has 0 bridgehead atoms. The van der Waals surface area contributed by atoms with Crippen LogP contribution in [0.15, 0.2) is 0 Å². The fourth-order valence-corrected chi connectivity index (χ4v) is 10.5. The van der Waals surface area contributed by atoms with Gasteiger partial charge in [-0.25, -0.2) is 0 Å². The van der Waals surface area contributed by atoms with E-state index >= 15 is 0 Å². The minimum Gasteiger partial charge on any atom is -0.287 e. The molecule has 32 heavy (non-hydrogen) atoms. The summed E-state index contributed by atoms with van der Waals surface area (Å²) >= 11 is 1.69. The monoisotopic (exact) mass is 460 g/mol. The third-order valence-electron chi connectivity index (χ3n) is 11.3. The van der Waals surface area contributed by atoms with Crippen LogP contribution in [0.5, 0.6) is 0 Å². The first-order valence-corrected chi connectivity index (χ1v) is 15.5. The van der Waals surface area contributed by atoms with Gasteiger partial charge < -0.3 is 0 Å². The first-order chi connectivity index (χ1) is 15.4. The van der Waals surface area contributed by atoms with Gasteiger partial charge in [0, 0.05) is 11.7 Å². The van der Waals surface area contributed by atoms with Crippen LogP contribution in [0.1, 0.15) is 137 Å². The number of hydrogen-bond donors (Lipinski definition) is 0. The molecule has 8 atom stereocenters. The molecule has 4 saturated carbocycles. The summed E-state index contributed by atoms with van der Waals surface area (Å²) in [6.07, 6.45) is 23.9. The van der Waals surface area contributed by atoms with Crippen LogP contribution in [0.2, 0.25) is 0 Å². The summed E-state index contributed by atoms with van der Waals surface area (Å²) < 4.78 is 0. The molecule has 0 aromatic carbocycles. The molecule has 4 fully saturated rings. The Morgan fingerprint density at radius 2 is 1.53 bits per heavy atom. The van der Waals surface area contributed by atoms with E-state index in [4.69, 9.17) is 0 Å². The number of hydrogen-bond acceptors (Lipinski definition) is 2. The molecular weight excluding hydrogens is 408 g/mol. The molecule has 0 heterocycles. The van der Waals surface area contributed by atoms with E-state index in [0.717, 1.165) is 29.6 Å². The average molecular weight is 461 g/mol. The molecular formula is C30H52OS. The van der Waals surface area contributed by atoms with Crippen LogP contribution in [0.3, 0.4) is 0 Å². The van der Waals surface area contributed by atoms with Crippen molar-refractivity contribution in [3.05, 3.63) is 0 Å². The van der Waals surface area contributed by atoms with Gasteiger partial charge >= 0.3 is 0 Å². The Labute approximate surface area is 204 Å². The van der Waals surface area contributed by atoms with Crippen LogP contribution < -0.4 is 0 Å². The molecule has 0 N–H and O–H groups in total. The zero-order valence-corrected chi connectivity index (χ0v) is 22.6. The number of rotatable bonds is 9. The maximum atomic E-state index is 12.0. The fraction of sp³-hybridized carbons (Fsp3) is 0.967. The van der Waals surface area contributed by atoms with Crippen LogP contribution in [0, 0.1) is 40.4 Å². The van der Waals surface area contributed by atoms with Crippen LogP contribution in [-0.4, -0.2) is 10.4 Å². The topological polar surface area (TPSA) is 17.1 Å². The maximum Gasteiger partial charge on any atom is 0.188 e. The lowest BCUT2D eigenvalue weighted by Gasteiger charge is -2.61. The summed E-state index contributed by atoms with van der Waals surface area (Å²) in [4.78, 5) is 12.0. The van der Waals surface area contributed by atoms with Crippen LogP contribution in [-0.2, 0) is 4.79 Å². The molecule has 0 saturated heterocycles. The lowest BCUT2D eigenvalue weighted by Crippen LogP contribution is -2.53. The van der Waals surface area contributed by atoms with E-state index in [1.54, 1.807) is 11.8 Å². The highest BCUT2D eigenvalue weighted by atomic mass is 32.2. The van der Waals surface area contributed by atoms with E-state index in [2.05, 4.69) is 20.8 Å². The SMILES string of the molecule is CCCCCCCC[C@@H]1CC[C@H]2[C@H]3CC[C@H]4C[C@@H](SC(=O)CC)CC[C@]4(C)[C@@H]3CC[C@]12C. The van der Waals surface area contributed by atoms with E-state index in [0.29, 0.717) is 27.6 Å². The number of carbonyl (C=O) groups excluding carboxylic acids is 1. The van der Waals surface area contributed by atoms with Crippen LogP contribution >= 0.6 is 11.8 Å². The molecule has 0 aromatic heterocycles. The average Bonchev–Trinajstić information content (AvgIpc) is 3.12. The van der Waals surface area contributed by atoms with Gasteiger partial charge in [-0.3, -0.25) is 4.79 Å². The van der Waals surface area contributed by atoms with Gasteiger partial charge in [-0.2, -0.15) is 0 Å². The lowest BCUT2D eigenvalue weighted by atomic mass is 9.45. The number of thioether (sulfide) groups is 1. The molecule has 4 aliphatic rings. The first kappa shape index (κ1) is 25.1. The second kappa shape index (κ2) is 10.7. The predicted octanol–water partition coefficient (Wildman–Crippen LogP) is 9.43. The summed E-state index contributed by atoms with van der Waals surface area (Å²) in [5.41, 5.74) is 1.21. The zero-order chi connectivity index (χ0) is 22.8. The van der Waals surface area contributed by atoms with E-state index in [-0.39, 0.29) is 0 Å². The normalized spacial score (nSPS) is 43.4. The van der Waals surface area contributed by atoms with Gasteiger partial charge in [0.15, 0.2) is 5.12 Å². The highest BCUT2D eigenvalue weighted by Gasteiger charge is 2.59. The zero-order valence-electron chi connectivity index (χ0n) is 21.8. The van der Waals surface area contributed by atoms with Crippen molar-refractivity contribution in [3.8, 4) is 0 Å². The quantitative estimate of drug-likeness (QED) is 0.319. The van der Waals surface area contributed by atoms with Gasteiger partial charge in [0.25, 0.3) is 0 Å². The Bertz CT molecular complexity index is 630. The van der Waals surface area contributed by atoms with Crippen LogP contribution in [0.25, 0.3) is 0 Å². The van der Waals surface area contributed by atoms with Crippen LogP contribution in [0.4, 0.5) is 0 Å². The van der Waals surface area contributed by atoms with Gasteiger partial charge in [0.05, 0.1) is 0 Å². The molecule has 0 unspecified atom stereocenters. The summed E-state index contributed by atoms with van der Waals surface area (Å²) in [7, 11) is 0. The smallest absolute Gasteiger partial charge is 0.188 e. The largest absolute Gasteiger partial charge is 0.287 e. The van der Waals surface area contributed by atoms with Gasteiger partial charge in [0.2, 0.25) is 0 Å². The second-order valence-electron chi connectivity index (χ2n) is 12.8. The molecule has 2 heteroatoms. The van der Waals surface area contributed by atoms with E-state index in [1.807, 2.05) is 6.92 Å². The van der Waals surface area contributed by atoms with Gasteiger partial charge in [-0.15, -0.1) is 0 Å². The van der Waals surface area contributed by atoms with Gasteiger partial charge in [-0.1, -0.05) is 78.0 Å².